The highest BCUT2D eigenvalue weighted by atomic mass is 16.5. The van der Waals surface area contributed by atoms with Crippen molar-refractivity contribution in [2.24, 2.45) is 0 Å². The van der Waals surface area contributed by atoms with Gasteiger partial charge in [0.05, 0.1) is 11.6 Å². The van der Waals surface area contributed by atoms with Crippen molar-refractivity contribution in [3.63, 3.8) is 0 Å². The molecule has 3 heterocycles. The Morgan fingerprint density at radius 1 is 1.28 bits per heavy atom. The molecule has 0 aliphatic rings. The Kier molecular flexibility index (Phi) is 4.38. The summed E-state index contributed by atoms with van der Waals surface area (Å²) in [5, 5.41) is 13.5. The standard InChI is InChI=1S/C16H15N5O4/c1-9(22)14-12-6-11(25-10(2)15-17-4-3-5-18-15)7-19-16(12)21(20-14)8-13(23)24/h3-7,10H,8H2,1-2H3,(H,23,24). The SMILES string of the molecule is CC(=O)c1nn(CC(=O)O)c2ncc(OC(C)c3ncccn3)cc12. The quantitative estimate of drug-likeness (QED) is 0.672. The fourth-order valence-electron chi connectivity index (χ4n) is 2.38. The molecule has 3 aromatic heterocycles. The lowest BCUT2D eigenvalue weighted by atomic mass is 10.2. The van der Waals surface area contributed by atoms with Crippen LogP contribution in [0.5, 0.6) is 5.75 Å². The van der Waals surface area contributed by atoms with Gasteiger partial charge in [0.15, 0.2) is 23.4 Å². The van der Waals surface area contributed by atoms with Gasteiger partial charge in [0.2, 0.25) is 0 Å². The van der Waals surface area contributed by atoms with Gasteiger partial charge in [0.1, 0.15) is 18.0 Å². The van der Waals surface area contributed by atoms with E-state index in [1.807, 2.05) is 0 Å². The zero-order chi connectivity index (χ0) is 18.0. The van der Waals surface area contributed by atoms with Gasteiger partial charge in [0.25, 0.3) is 0 Å². The van der Waals surface area contributed by atoms with Gasteiger partial charge in [-0.2, -0.15) is 5.10 Å². The first-order valence-corrected chi connectivity index (χ1v) is 7.48. The zero-order valence-electron chi connectivity index (χ0n) is 13.6. The molecular formula is C16H15N5O4. The third kappa shape index (κ3) is 3.44. The summed E-state index contributed by atoms with van der Waals surface area (Å²) >= 11 is 0. The van der Waals surface area contributed by atoms with Crippen molar-refractivity contribution < 1.29 is 19.4 Å². The molecule has 128 valence electrons. The molecule has 1 atom stereocenters. The molecule has 0 aliphatic carbocycles. The molecule has 0 spiro atoms. The summed E-state index contributed by atoms with van der Waals surface area (Å²) in [6, 6.07) is 3.32. The number of Topliss-reactive ketones (excluding diaryl/α,β-unsaturated/α-hetero) is 1. The number of fused-ring (bicyclic) bond motifs is 1. The number of aliphatic carboxylic acids is 1. The van der Waals surface area contributed by atoms with E-state index in [-0.39, 0.29) is 18.0 Å². The number of ether oxygens (including phenoxy) is 1. The van der Waals surface area contributed by atoms with Crippen LogP contribution in [0, 0.1) is 0 Å². The number of aromatic nitrogens is 5. The van der Waals surface area contributed by atoms with Crippen LogP contribution in [0.2, 0.25) is 0 Å². The first-order valence-electron chi connectivity index (χ1n) is 7.48. The highest BCUT2D eigenvalue weighted by molar-refractivity contribution is 6.04. The molecule has 1 N–H and O–H groups in total. The Morgan fingerprint density at radius 2 is 2.00 bits per heavy atom. The smallest absolute Gasteiger partial charge is 0.325 e. The van der Waals surface area contributed by atoms with Crippen LogP contribution in [0.1, 0.15) is 36.3 Å². The topological polar surface area (TPSA) is 120 Å². The predicted octanol–water partition coefficient (Wildman–Crippen LogP) is 1.65. The van der Waals surface area contributed by atoms with Gasteiger partial charge >= 0.3 is 5.97 Å². The lowest BCUT2D eigenvalue weighted by molar-refractivity contribution is -0.137. The third-order valence-corrected chi connectivity index (χ3v) is 3.44. The maximum absolute atomic E-state index is 11.8. The monoisotopic (exact) mass is 341 g/mol. The van der Waals surface area contributed by atoms with E-state index in [0.717, 1.165) is 0 Å². The molecule has 0 saturated heterocycles. The van der Waals surface area contributed by atoms with Crippen molar-refractivity contribution in [3.05, 3.63) is 42.2 Å². The lowest BCUT2D eigenvalue weighted by Crippen LogP contribution is -2.11. The molecule has 3 aromatic rings. The van der Waals surface area contributed by atoms with Crippen LogP contribution >= 0.6 is 0 Å². The maximum Gasteiger partial charge on any atom is 0.325 e. The summed E-state index contributed by atoms with van der Waals surface area (Å²) in [5.74, 6) is -0.440. The normalized spacial score (nSPS) is 12.1. The molecule has 0 aromatic carbocycles. The van der Waals surface area contributed by atoms with Crippen molar-refractivity contribution >= 4 is 22.8 Å². The molecule has 25 heavy (non-hydrogen) atoms. The second-order valence-electron chi connectivity index (χ2n) is 5.37. The van der Waals surface area contributed by atoms with Crippen LogP contribution in [-0.4, -0.2) is 41.6 Å². The first-order chi connectivity index (χ1) is 12.0. The minimum absolute atomic E-state index is 0.151. The van der Waals surface area contributed by atoms with Crippen molar-refractivity contribution in [2.45, 2.75) is 26.5 Å². The molecule has 9 heteroatoms. The molecule has 1 unspecified atom stereocenters. The summed E-state index contributed by atoms with van der Waals surface area (Å²) in [7, 11) is 0. The summed E-state index contributed by atoms with van der Waals surface area (Å²) in [5.41, 5.74) is 0.460. The third-order valence-electron chi connectivity index (χ3n) is 3.44. The van der Waals surface area contributed by atoms with Crippen LogP contribution in [0.15, 0.2) is 30.7 Å². The van der Waals surface area contributed by atoms with E-state index in [9.17, 15) is 9.59 Å². The number of rotatable bonds is 6. The van der Waals surface area contributed by atoms with Gasteiger partial charge in [0, 0.05) is 19.3 Å². The second kappa shape index (κ2) is 6.63. The molecule has 0 radical (unpaired) electrons. The fraction of sp³-hybridized carbons (Fsp3) is 0.250. The number of ketones is 1. The van der Waals surface area contributed by atoms with Gasteiger partial charge in [-0.15, -0.1) is 0 Å². The van der Waals surface area contributed by atoms with Crippen molar-refractivity contribution in [3.8, 4) is 5.75 Å². The second-order valence-corrected chi connectivity index (χ2v) is 5.37. The van der Waals surface area contributed by atoms with Gasteiger partial charge in [-0.05, 0) is 19.1 Å². The fourth-order valence-corrected chi connectivity index (χ4v) is 2.38. The summed E-state index contributed by atoms with van der Waals surface area (Å²) in [6.45, 7) is 2.77. The number of nitrogens with zero attached hydrogens (tertiary/aromatic N) is 5. The minimum atomic E-state index is -1.07. The van der Waals surface area contributed by atoms with Crippen LogP contribution in [0.3, 0.4) is 0 Å². The molecule has 0 fully saturated rings. The summed E-state index contributed by atoms with van der Waals surface area (Å²) in [4.78, 5) is 35.2. The Hall–Kier alpha value is -3.36. The van der Waals surface area contributed by atoms with Crippen LogP contribution < -0.4 is 4.74 Å². The van der Waals surface area contributed by atoms with E-state index in [1.165, 1.54) is 17.8 Å². The van der Waals surface area contributed by atoms with E-state index in [4.69, 9.17) is 9.84 Å². The van der Waals surface area contributed by atoms with Crippen LogP contribution in [-0.2, 0) is 11.3 Å². The minimum Gasteiger partial charge on any atom is -0.481 e. The molecule has 0 bridgehead atoms. The first kappa shape index (κ1) is 16.5. The molecular weight excluding hydrogens is 326 g/mol. The number of carbonyl (C=O) groups is 2. The Labute approximate surface area is 142 Å². The molecule has 9 nitrogen and oxygen atoms in total. The predicted molar refractivity (Wildman–Crippen MR) is 86.2 cm³/mol. The maximum atomic E-state index is 11.8. The van der Waals surface area contributed by atoms with Crippen molar-refractivity contribution in [1.82, 2.24) is 24.7 Å². The Bertz CT molecular complexity index is 938. The number of pyridine rings is 1. The number of carbonyl (C=O) groups excluding carboxylic acids is 1. The Morgan fingerprint density at radius 3 is 2.64 bits per heavy atom. The van der Waals surface area contributed by atoms with E-state index < -0.39 is 12.1 Å². The van der Waals surface area contributed by atoms with Gasteiger partial charge in [-0.25, -0.2) is 19.6 Å². The number of hydrogen-bond donors (Lipinski definition) is 1. The van der Waals surface area contributed by atoms with Gasteiger partial charge in [-0.3, -0.25) is 9.59 Å². The van der Waals surface area contributed by atoms with E-state index in [1.54, 1.807) is 31.5 Å². The van der Waals surface area contributed by atoms with E-state index in [2.05, 4.69) is 20.1 Å². The molecule has 0 amide bonds. The lowest BCUT2D eigenvalue weighted by Gasteiger charge is -2.12. The highest BCUT2D eigenvalue weighted by Gasteiger charge is 2.18. The average Bonchev–Trinajstić information content (AvgIpc) is 2.93. The van der Waals surface area contributed by atoms with E-state index in [0.29, 0.717) is 22.6 Å². The number of carboxylic acid groups (broad SMARTS) is 1. The Balaban J connectivity index is 1.97. The van der Waals surface area contributed by atoms with Crippen LogP contribution in [0.25, 0.3) is 11.0 Å². The van der Waals surface area contributed by atoms with Crippen molar-refractivity contribution in [2.75, 3.05) is 0 Å². The average molecular weight is 341 g/mol. The molecule has 0 saturated carbocycles. The molecule has 0 aliphatic heterocycles. The van der Waals surface area contributed by atoms with Gasteiger partial charge < -0.3 is 9.84 Å². The van der Waals surface area contributed by atoms with Gasteiger partial charge in [-0.1, -0.05) is 0 Å². The largest absolute Gasteiger partial charge is 0.481 e. The zero-order valence-corrected chi connectivity index (χ0v) is 13.6. The van der Waals surface area contributed by atoms with Crippen molar-refractivity contribution in [1.29, 1.82) is 0 Å². The summed E-state index contributed by atoms with van der Waals surface area (Å²) in [6.07, 6.45) is 4.27. The highest BCUT2D eigenvalue weighted by Crippen LogP contribution is 2.25. The molecule has 3 rings (SSSR count). The summed E-state index contributed by atoms with van der Waals surface area (Å²) < 4.78 is 6.96. The van der Waals surface area contributed by atoms with Crippen LogP contribution in [0.4, 0.5) is 0 Å². The number of hydrogen-bond acceptors (Lipinski definition) is 7. The van der Waals surface area contributed by atoms with E-state index >= 15 is 0 Å². The number of carboxylic acids is 1.